The standard InChI is InChI=1S/C20H18N2O4S2/c1-25-15-8-9-16(26-2)14(11-15)12-17-19(24)22(20(27)28-17)21-18(23)10-13-6-4-3-5-7-13/h3-9,11-12H,10H2,1-2H3,(H,21,23). The third-order valence-corrected chi connectivity index (χ3v) is 5.26. The van der Waals surface area contributed by atoms with Gasteiger partial charge in [0.1, 0.15) is 11.5 Å². The summed E-state index contributed by atoms with van der Waals surface area (Å²) in [7, 11) is 3.11. The van der Waals surface area contributed by atoms with Crippen LogP contribution in [0, 0.1) is 0 Å². The molecule has 0 radical (unpaired) electrons. The van der Waals surface area contributed by atoms with Crippen molar-refractivity contribution in [1.29, 1.82) is 0 Å². The van der Waals surface area contributed by atoms with E-state index < -0.39 is 0 Å². The van der Waals surface area contributed by atoms with Crippen molar-refractivity contribution in [3.05, 3.63) is 64.6 Å². The molecule has 0 unspecified atom stereocenters. The number of rotatable bonds is 6. The molecular formula is C20H18N2O4S2. The van der Waals surface area contributed by atoms with E-state index in [1.165, 1.54) is 0 Å². The van der Waals surface area contributed by atoms with Crippen LogP contribution in [0.15, 0.2) is 53.4 Å². The smallest absolute Gasteiger partial charge is 0.285 e. The van der Waals surface area contributed by atoms with E-state index in [0.29, 0.717) is 22.0 Å². The van der Waals surface area contributed by atoms with Crippen LogP contribution in [0.3, 0.4) is 0 Å². The lowest BCUT2D eigenvalue weighted by atomic mass is 10.1. The van der Waals surface area contributed by atoms with Crippen LogP contribution < -0.4 is 14.9 Å². The van der Waals surface area contributed by atoms with E-state index >= 15 is 0 Å². The fourth-order valence-corrected chi connectivity index (χ4v) is 3.77. The number of carbonyl (C=O) groups excluding carboxylic acids is 2. The van der Waals surface area contributed by atoms with Gasteiger partial charge in [-0.05, 0) is 42.1 Å². The lowest BCUT2D eigenvalue weighted by Gasteiger charge is -2.15. The zero-order valence-corrected chi connectivity index (χ0v) is 16.9. The van der Waals surface area contributed by atoms with Crippen molar-refractivity contribution in [2.75, 3.05) is 14.2 Å². The predicted molar refractivity (Wildman–Crippen MR) is 113 cm³/mol. The molecule has 0 atom stereocenters. The largest absolute Gasteiger partial charge is 0.497 e. The van der Waals surface area contributed by atoms with Gasteiger partial charge in [0.15, 0.2) is 4.32 Å². The number of amides is 2. The van der Waals surface area contributed by atoms with Gasteiger partial charge in [-0.2, -0.15) is 5.01 Å². The lowest BCUT2D eigenvalue weighted by Crippen LogP contribution is -2.45. The Morgan fingerprint density at radius 1 is 1.18 bits per heavy atom. The van der Waals surface area contributed by atoms with Gasteiger partial charge in [-0.15, -0.1) is 0 Å². The number of benzene rings is 2. The first-order valence-corrected chi connectivity index (χ1v) is 9.57. The number of ether oxygens (including phenoxy) is 2. The van der Waals surface area contributed by atoms with Crippen molar-refractivity contribution in [3.8, 4) is 11.5 Å². The van der Waals surface area contributed by atoms with Crippen molar-refractivity contribution >= 4 is 46.2 Å². The maximum Gasteiger partial charge on any atom is 0.285 e. The number of thiocarbonyl (C=S) groups is 1. The van der Waals surface area contributed by atoms with E-state index in [2.05, 4.69) is 5.43 Å². The first kappa shape index (κ1) is 19.9. The summed E-state index contributed by atoms with van der Waals surface area (Å²) in [4.78, 5) is 25.4. The molecule has 6 nitrogen and oxygen atoms in total. The monoisotopic (exact) mass is 414 g/mol. The Kier molecular flexibility index (Phi) is 6.33. The lowest BCUT2D eigenvalue weighted by molar-refractivity contribution is -0.132. The van der Waals surface area contributed by atoms with Gasteiger partial charge in [-0.3, -0.25) is 15.0 Å². The van der Waals surface area contributed by atoms with Crippen molar-refractivity contribution in [1.82, 2.24) is 10.4 Å². The molecule has 1 heterocycles. The van der Waals surface area contributed by atoms with Gasteiger partial charge < -0.3 is 9.47 Å². The van der Waals surface area contributed by atoms with Gasteiger partial charge in [-0.25, -0.2) is 0 Å². The Balaban J connectivity index is 1.76. The number of nitrogens with zero attached hydrogens (tertiary/aromatic N) is 1. The summed E-state index contributed by atoms with van der Waals surface area (Å²) in [5, 5.41) is 1.10. The minimum Gasteiger partial charge on any atom is -0.497 e. The molecule has 1 fully saturated rings. The fourth-order valence-electron chi connectivity index (χ4n) is 2.60. The second-order valence-electron chi connectivity index (χ2n) is 5.82. The minimum atomic E-state index is -0.388. The molecule has 0 saturated carbocycles. The number of hydrazine groups is 1. The zero-order chi connectivity index (χ0) is 20.1. The van der Waals surface area contributed by atoms with E-state index in [9.17, 15) is 9.59 Å². The molecule has 0 aromatic heterocycles. The summed E-state index contributed by atoms with van der Waals surface area (Å²) in [6, 6.07) is 14.6. The van der Waals surface area contributed by atoms with Gasteiger partial charge in [0.2, 0.25) is 5.91 Å². The topological polar surface area (TPSA) is 67.9 Å². The van der Waals surface area contributed by atoms with Crippen LogP contribution in [-0.4, -0.2) is 35.4 Å². The molecule has 3 rings (SSSR count). The second kappa shape index (κ2) is 8.90. The highest BCUT2D eigenvalue weighted by Gasteiger charge is 2.33. The van der Waals surface area contributed by atoms with Gasteiger partial charge in [0, 0.05) is 5.56 Å². The van der Waals surface area contributed by atoms with Crippen LogP contribution >= 0.6 is 24.0 Å². The Bertz CT molecular complexity index is 944. The van der Waals surface area contributed by atoms with E-state index in [1.807, 2.05) is 30.3 Å². The molecular weight excluding hydrogens is 396 g/mol. The third-order valence-electron chi connectivity index (χ3n) is 3.96. The first-order valence-electron chi connectivity index (χ1n) is 8.35. The summed E-state index contributed by atoms with van der Waals surface area (Å²) >= 11 is 6.38. The van der Waals surface area contributed by atoms with E-state index in [1.54, 1.807) is 38.5 Å². The molecule has 1 aliphatic rings. The number of thioether (sulfide) groups is 1. The van der Waals surface area contributed by atoms with E-state index in [4.69, 9.17) is 21.7 Å². The van der Waals surface area contributed by atoms with Crippen molar-refractivity contribution in [2.45, 2.75) is 6.42 Å². The molecule has 28 heavy (non-hydrogen) atoms. The van der Waals surface area contributed by atoms with Crippen LogP contribution in [0.5, 0.6) is 11.5 Å². The molecule has 144 valence electrons. The van der Waals surface area contributed by atoms with Crippen LogP contribution in [0.4, 0.5) is 0 Å². The van der Waals surface area contributed by atoms with E-state index in [-0.39, 0.29) is 22.6 Å². The van der Waals surface area contributed by atoms with Crippen LogP contribution in [0.2, 0.25) is 0 Å². The molecule has 2 aromatic rings. The first-order chi connectivity index (χ1) is 13.5. The van der Waals surface area contributed by atoms with Crippen LogP contribution in [0.1, 0.15) is 11.1 Å². The average molecular weight is 415 g/mol. The highest BCUT2D eigenvalue weighted by atomic mass is 32.2. The van der Waals surface area contributed by atoms with Crippen molar-refractivity contribution < 1.29 is 19.1 Å². The average Bonchev–Trinajstić information content (AvgIpc) is 2.96. The quantitative estimate of drug-likeness (QED) is 0.579. The number of methoxy groups -OCH3 is 2. The van der Waals surface area contributed by atoms with Crippen molar-refractivity contribution in [3.63, 3.8) is 0 Å². The molecule has 0 bridgehead atoms. The SMILES string of the molecule is COc1ccc(OC)c(C=C2SC(=S)N(NC(=O)Cc3ccccc3)C2=O)c1. The predicted octanol–water partition coefficient (Wildman–Crippen LogP) is 3.18. The summed E-state index contributed by atoms with van der Waals surface area (Å²) in [5.74, 6) is 0.530. The molecule has 1 N–H and O–H groups in total. The number of hydrogen-bond acceptors (Lipinski definition) is 6. The van der Waals surface area contributed by atoms with Crippen LogP contribution in [0.25, 0.3) is 6.08 Å². The van der Waals surface area contributed by atoms with Gasteiger partial charge in [0.05, 0.1) is 25.5 Å². The molecule has 0 spiro atoms. The third kappa shape index (κ3) is 4.52. The molecule has 1 saturated heterocycles. The highest BCUT2D eigenvalue weighted by molar-refractivity contribution is 8.26. The maximum atomic E-state index is 12.7. The Morgan fingerprint density at radius 2 is 1.93 bits per heavy atom. The Morgan fingerprint density at radius 3 is 2.61 bits per heavy atom. The van der Waals surface area contributed by atoms with Gasteiger partial charge in [-0.1, -0.05) is 42.1 Å². The summed E-state index contributed by atoms with van der Waals surface area (Å²) in [6.07, 6.45) is 1.82. The number of carbonyl (C=O) groups is 2. The van der Waals surface area contributed by atoms with Crippen LogP contribution in [-0.2, 0) is 16.0 Å². The Hall–Kier alpha value is -2.84. The minimum absolute atomic E-state index is 0.153. The molecule has 2 aromatic carbocycles. The fraction of sp³-hybridized carbons (Fsp3) is 0.150. The van der Waals surface area contributed by atoms with E-state index in [0.717, 1.165) is 22.3 Å². The number of hydrogen-bond donors (Lipinski definition) is 1. The summed E-state index contributed by atoms with van der Waals surface area (Å²) in [6.45, 7) is 0. The normalized spacial score (nSPS) is 15.1. The van der Waals surface area contributed by atoms with Crippen molar-refractivity contribution in [2.24, 2.45) is 0 Å². The highest BCUT2D eigenvalue weighted by Crippen LogP contribution is 2.34. The van der Waals surface area contributed by atoms with Gasteiger partial charge in [0.25, 0.3) is 5.91 Å². The molecule has 1 aliphatic heterocycles. The molecule has 8 heteroatoms. The second-order valence-corrected chi connectivity index (χ2v) is 7.50. The number of nitrogens with one attached hydrogen (secondary N) is 1. The van der Waals surface area contributed by atoms with Gasteiger partial charge >= 0.3 is 0 Å². The Labute approximate surface area is 172 Å². The summed E-state index contributed by atoms with van der Waals surface area (Å²) in [5.41, 5.74) is 4.11. The zero-order valence-electron chi connectivity index (χ0n) is 15.3. The maximum absolute atomic E-state index is 12.7. The summed E-state index contributed by atoms with van der Waals surface area (Å²) < 4.78 is 10.8. The molecule has 0 aliphatic carbocycles. The molecule has 2 amide bonds.